The second kappa shape index (κ2) is 9.28. The van der Waals surface area contributed by atoms with Crippen LogP contribution in [0, 0.1) is 11.6 Å². The summed E-state index contributed by atoms with van der Waals surface area (Å²) in [6.45, 7) is 1.46. The molecule has 0 aromatic heterocycles. The average Bonchev–Trinajstić information content (AvgIpc) is 2.70. The van der Waals surface area contributed by atoms with Crippen LogP contribution in [0.15, 0.2) is 72.8 Å². The van der Waals surface area contributed by atoms with Crippen molar-refractivity contribution in [2.24, 2.45) is 0 Å². The second-order valence-electron chi connectivity index (χ2n) is 6.47. The number of ether oxygens (including phenoxy) is 1. The molecule has 0 bridgehead atoms. The van der Waals surface area contributed by atoms with Gasteiger partial charge >= 0.3 is 0 Å². The molecule has 3 aromatic rings. The number of methoxy groups -OCH3 is 1. The first-order valence-corrected chi connectivity index (χ1v) is 9.00. The Labute approximate surface area is 158 Å². The van der Waals surface area contributed by atoms with Gasteiger partial charge in [0.15, 0.2) is 0 Å². The van der Waals surface area contributed by atoms with E-state index in [2.05, 4.69) is 5.32 Å². The molecule has 27 heavy (non-hydrogen) atoms. The van der Waals surface area contributed by atoms with Gasteiger partial charge in [0.25, 0.3) is 0 Å². The molecule has 0 amide bonds. The Hall–Kier alpha value is -2.72. The Bertz CT molecular complexity index is 830. The topological polar surface area (TPSA) is 21.3 Å². The van der Waals surface area contributed by atoms with E-state index in [0.29, 0.717) is 6.54 Å². The van der Waals surface area contributed by atoms with E-state index in [1.165, 1.54) is 24.3 Å². The normalized spacial score (nSPS) is 12.0. The molecule has 0 fully saturated rings. The molecular formula is C23H23F2NO. The number of benzene rings is 3. The zero-order chi connectivity index (χ0) is 19.1. The highest BCUT2D eigenvalue weighted by molar-refractivity contribution is 5.36. The highest BCUT2D eigenvalue weighted by atomic mass is 19.1. The van der Waals surface area contributed by atoms with Gasteiger partial charge in [0.2, 0.25) is 0 Å². The van der Waals surface area contributed by atoms with Gasteiger partial charge in [0.1, 0.15) is 17.4 Å². The first-order valence-electron chi connectivity index (χ1n) is 9.00. The maximum atomic E-state index is 13.3. The zero-order valence-corrected chi connectivity index (χ0v) is 15.3. The van der Waals surface area contributed by atoms with Crippen molar-refractivity contribution in [3.8, 4) is 5.75 Å². The smallest absolute Gasteiger partial charge is 0.123 e. The molecule has 0 heterocycles. The molecule has 0 saturated heterocycles. The molecule has 0 radical (unpaired) electrons. The van der Waals surface area contributed by atoms with E-state index in [1.54, 1.807) is 19.2 Å². The van der Waals surface area contributed by atoms with Crippen LogP contribution in [0.25, 0.3) is 0 Å². The zero-order valence-electron chi connectivity index (χ0n) is 15.3. The maximum Gasteiger partial charge on any atom is 0.123 e. The van der Waals surface area contributed by atoms with E-state index in [0.717, 1.165) is 35.4 Å². The van der Waals surface area contributed by atoms with Crippen LogP contribution in [0.5, 0.6) is 5.75 Å². The first-order chi connectivity index (χ1) is 13.2. The van der Waals surface area contributed by atoms with Crippen LogP contribution in [0.3, 0.4) is 0 Å². The molecule has 1 N–H and O–H groups in total. The molecule has 3 rings (SSSR count). The van der Waals surface area contributed by atoms with Crippen molar-refractivity contribution in [1.29, 1.82) is 0 Å². The monoisotopic (exact) mass is 367 g/mol. The van der Waals surface area contributed by atoms with Gasteiger partial charge in [-0.25, -0.2) is 8.78 Å². The van der Waals surface area contributed by atoms with E-state index in [-0.39, 0.29) is 17.6 Å². The van der Waals surface area contributed by atoms with Crippen molar-refractivity contribution in [1.82, 2.24) is 5.32 Å². The third kappa shape index (κ3) is 5.38. The van der Waals surface area contributed by atoms with Crippen LogP contribution >= 0.6 is 0 Å². The van der Waals surface area contributed by atoms with Gasteiger partial charge < -0.3 is 10.1 Å². The lowest BCUT2D eigenvalue weighted by Crippen LogP contribution is -2.18. The highest BCUT2D eigenvalue weighted by Crippen LogP contribution is 2.29. The molecule has 0 unspecified atom stereocenters. The summed E-state index contributed by atoms with van der Waals surface area (Å²) < 4.78 is 31.5. The molecular weight excluding hydrogens is 344 g/mol. The van der Waals surface area contributed by atoms with Crippen LogP contribution < -0.4 is 10.1 Å². The van der Waals surface area contributed by atoms with Crippen LogP contribution in [-0.2, 0) is 6.54 Å². The average molecular weight is 367 g/mol. The Morgan fingerprint density at radius 2 is 1.30 bits per heavy atom. The van der Waals surface area contributed by atoms with Gasteiger partial charge in [-0.15, -0.1) is 0 Å². The fourth-order valence-corrected chi connectivity index (χ4v) is 3.14. The van der Waals surface area contributed by atoms with Crippen LogP contribution in [0.1, 0.15) is 29.0 Å². The van der Waals surface area contributed by atoms with Gasteiger partial charge in [-0.3, -0.25) is 0 Å². The minimum absolute atomic E-state index is 0.150. The predicted octanol–water partition coefficient (Wildman–Crippen LogP) is 5.29. The van der Waals surface area contributed by atoms with Crippen LogP contribution in [0.2, 0.25) is 0 Å². The summed E-state index contributed by atoms with van der Waals surface area (Å²) in [6.07, 6.45) is 0.860. The summed E-state index contributed by atoms with van der Waals surface area (Å²) in [7, 11) is 1.64. The number of halogens is 2. The van der Waals surface area contributed by atoms with E-state index in [1.807, 2.05) is 36.4 Å². The van der Waals surface area contributed by atoms with E-state index >= 15 is 0 Å². The Balaban J connectivity index is 1.67. The lowest BCUT2D eigenvalue weighted by Gasteiger charge is -2.19. The molecule has 0 aliphatic rings. The molecule has 0 aliphatic carbocycles. The highest BCUT2D eigenvalue weighted by Gasteiger charge is 2.14. The third-order valence-corrected chi connectivity index (χ3v) is 4.64. The Kier molecular flexibility index (Phi) is 6.55. The van der Waals surface area contributed by atoms with Gasteiger partial charge in [-0.05, 0) is 66.1 Å². The fraction of sp³-hybridized carbons (Fsp3) is 0.217. The first kappa shape index (κ1) is 19.1. The van der Waals surface area contributed by atoms with Crippen molar-refractivity contribution < 1.29 is 13.5 Å². The summed E-state index contributed by atoms with van der Waals surface area (Å²) >= 11 is 0. The van der Waals surface area contributed by atoms with Crippen LogP contribution in [-0.4, -0.2) is 13.7 Å². The van der Waals surface area contributed by atoms with Crippen molar-refractivity contribution in [2.45, 2.75) is 18.9 Å². The Morgan fingerprint density at radius 1 is 0.778 bits per heavy atom. The molecule has 1 atom stereocenters. The molecule has 0 aliphatic heterocycles. The van der Waals surface area contributed by atoms with E-state index in [9.17, 15) is 8.78 Å². The molecule has 0 saturated carbocycles. The van der Waals surface area contributed by atoms with Crippen LogP contribution in [0.4, 0.5) is 8.78 Å². The van der Waals surface area contributed by atoms with Crippen molar-refractivity contribution in [3.63, 3.8) is 0 Å². The molecule has 2 nitrogen and oxygen atoms in total. The minimum Gasteiger partial charge on any atom is -0.497 e. The molecule has 0 spiro atoms. The molecule has 3 aromatic carbocycles. The quantitative estimate of drug-likeness (QED) is 0.547. The summed E-state index contributed by atoms with van der Waals surface area (Å²) in [6, 6.07) is 21.1. The molecule has 140 valence electrons. The van der Waals surface area contributed by atoms with Gasteiger partial charge in [-0.1, -0.05) is 36.4 Å². The predicted molar refractivity (Wildman–Crippen MR) is 104 cm³/mol. The summed E-state index contributed by atoms with van der Waals surface area (Å²) in [4.78, 5) is 0. The van der Waals surface area contributed by atoms with Crippen molar-refractivity contribution in [2.75, 3.05) is 13.7 Å². The summed E-state index contributed by atoms with van der Waals surface area (Å²) in [5.41, 5.74) is 3.27. The van der Waals surface area contributed by atoms with Gasteiger partial charge in [0.05, 0.1) is 7.11 Å². The standard InChI is InChI=1S/C23H23F2NO/c1-27-22-12-6-19(7-13-22)23(18-4-10-21(25)11-5-18)14-15-26-16-17-2-8-20(24)9-3-17/h2-13,23,26H,14-16H2,1H3/t23-/m0/s1. The van der Waals surface area contributed by atoms with E-state index in [4.69, 9.17) is 4.74 Å². The third-order valence-electron chi connectivity index (χ3n) is 4.64. The number of hydrogen-bond acceptors (Lipinski definition) is 2. The minimum atomic E-state index is -0.235. The van der Waals surface area contributed by atoms with E-state index < -0.39 is 0 Å². The lowest BCUT2D eigenvalue weighted by molar-refractivity contribution is 0.414. The summed E-state index contributed by atoms with van der Waals surface area (Å²) in [5.74, 6) is 0.500. The molecule has 4 heteroatoms. The SMILES string of the molecule is COc1ccc([C@@H](CCNCc2ccc(F)cc2)c2ccc(F)cc2)cc1. The largest absolute Gasteiger partial charge is 0.497 e. The second-order valence-corrected chi connectivity index (χ2v) is 6.47. The number of rotatable bonds is 8. The summed E-state index contributed by atoms with van der Waals surface area (Å²) in [5, 5.41) is 3.40. The maximum absolute atomic E-state index is 13.3. The van der Waals surface area contributed by atoms with Crippen molar-refractivity contribution in [3.05, 3.63) is 101 Å². The Morgan fingerprint density at radius 3 is 1.85 bits per heavy atom. The van der Waals surface area contributed by atoms with Crippen molar-refractivity contribution >= 4 is 0 Å². The van der Waals surface area contributed by atoms with Gasteiger partial charge in [-0.2, -0.15) is 0 Å². The van der Waals surface area contributed by atoms with Gasteiger partial charge in [0, 0.05) is 12.5 Å². The number of hydrogen-bond donors (Lipinski definition) is 1. The number of nitrogens with one attached hydrogen (secondary N) is 1. The lowest BCUT2D eigenvalue weighted by atomic mass is 9.88. The fourth-order valence-electron chi connectivity index (χ4n) is 3.14.